The summed E-state index contributed by atoms with van der Waals surface area (Å²) in [5.41, 5.74) is 0. The Hall–Kier alpha value is -1.47. The monoisotopic (exact) mass is 356 g/mol. The zero-order valence-corrected chi connectivity index (χ0v) is 15.0. The largest absolute Gasteiger partial charge is 0.353 e. The van der Waals surface area contributed by atoms with Crippen molar-refractivity contribution in [1.29, 1.82) is 0 Å². The first-order valence-corrected chi connectivity index (χ1v) is 9.84. The van der Waals surface area contributed by atoms with Gasteiger partial charge in [-0.05, 0) is 50.5 Å². The Morgan fingerprint density at radius 1 is 1.38 bits per heavy atom. The molecule has 1 saturated heterocycles. The number of amides is 1. The number of rotatable bonds is 6. The van der Waals surface area contributed by atoms with Crippen molar-refractivity contribution in [1.82, 2.24) is 9.62 Å². The quantitative estimate of drug-likeness (QED) is 0.852. The number of sulfonamides is 1. The smallest absolute Gasteiger partial charge is 0.243 e. The standard InChI is InChI=1S/C17H25FN2O3S/c1-3-5-13(2)19-17(21)14-6-4-11-20(12-14)24(22,23)16-9-7-15(18)8-10-16/h7-10,13-14H,3-6,11-12H2,1-2H3,(H,19,21)/t13-,14+/m0/s1. The number of hydrogen-bond acceptors (Lipinski definition) is 3. The predicted octanol–water partition coefficient (Wildman–Crippen LogP) is 2.53. The van der Waals surface area contributed by atoms with Gasteiger partial charge in [0.1, 0.15) is 5.82 Å². The van der Waals surface area contributed by atoms with Crippen LogP contribution in [0.15, 0.2) is 29.2 Å². The van der Waals surface area contributed by atoms with Crippen LogP contribution in [0.3, 0.4) is 0 Å². The van der Waals surface area contributed by atoms with E-state index in [-0.39, 0.29) is 29.3 Å². The highest BCUT2D eigenvalue weighted by atomic mass is 32.2. The summed E-state index contributed by atoms with van der Waals surface area (Å²) in [7, 11) is -3.70. The second-order valence-corrected chi connectivity index (χ2v) is 8.29. The molecule has 0 unspecified atom stereocenters. The van der Waals surface area contributed by atoms with Crippen LogP contribution in [0.2, 0.25) is 0 Å². The van der Waals surface area contributed by atoms with Crippen LogP contribution < -0.4 is 5.32 Å². The molecular weight excluding hydrogens is 331 g/mol. The molecule has 0 bridgehead atoms. The SMILES string of the molecule is CCC[C@H](C)NC(=O)[C@@H]1CCCN(S(=O)(=O)c2ccc(F)cc2)C1. The third-order valence-corrected chi connectivity index (χ3v) is 6.20. The summed E-state index contributed by atoms with van der Waals surface area (Å²) in [6.45, 7) is 4.57. The molecule has 1 aliphatic heterocycles. The molecule has 7 heteroatoms. The first-order chi connectivity index (χ1) is 11.3. The molecule has 24 heavy (non-hydrogen) atoms. The van der Waals surface area contributed by atoms with Gasteiger partial charge in [-0.2, -0.15) is 4.31 Å². The second kappa shape index (κ2) is 8.07. The van der Waals surface area contributed by atoms with Crippen molar-refractivity contribution in [2.24, 2.45) is 5.92 Å². The van der Waals surface area contributed by atoms with Crippen molar-refractivity contribution in [3.63, 3.8) is 0 Å². The molecule has 1 aliphatic rings. The third-order valence-electron chi connectivity index (χ3n) is 4.32. The van der Waals surface area contributed by atoms with E-state index < -0.39 is 15.8 Å². The van der Waals surface area contributed by atoms with E-state index in [0.717, 1.165) is 25.0 Å². The number of carbonyl (C=O) groups is 1. The van der Waals surface area contributed by atoms with Crippen molar-refractivity contribution < 1.29 is 17.6 Å². The summed E-state index contributed by atoms with van der Waals surface area (Å²) in [5, 5.41) is 2.96. The number of nitrogens with zero attached hydrogens (tertiary/aromatic N) is 1. The molecule has 0 aromatic heterocycles. The molecule has 1 N–H and O–H groups in total. The average molecular weight is 356 g/mol. The fraction of sp³-hybridized carbons (Fsp3) is 0.588. The maximum absolute atomic E-state index is 13.0. The van der Waals surface area contributed by atoms with Crippen molar-refractivity contribution in [2.45, 2.75) is 50.5 Å². The summed E-state index contributed by atoms with van der Waals surface area (Å²) < 4.78 is 39.7. The van der Waals surface area contributed by atoms with Crippen molar-refractivity contribution in [2.75, 3.05) is 13.1 Å². The van der Waals surface area contributed by atoms with Gasteiger partial charge >= 0.3 is 0 Å². The van der Waals surface area contributed by atoms with E-state index in [0.29, 0.717) is 19.4 Å². The summed E-state index contributed by atoms with van der Waals surface area (Å²) >= 11 is 0. The predicted molar refractivity (Wildman–Crippen MR) is 90.4 cm³/mol. The number of benzene rings is 1. The average Bonchev–Trinajstić information content (AvgIpc) is 2.55. The zero-order chi connectivity index (χ0) is 17.7. The lowest BCUT2D eigenvalue weighted by Crippen LogP contribution is -2.47. The van der Waals surface area contributed by atoms with E-state index >= 15 is 0 Å². The van der Waals surface area contributed by atoms with Crippen molar-refractivity contribution in [3.05, 3.63) is 30.1 Å². The summed E-state index contributed by atoms with van der Waals surface area (Å²) in [6.07, 6.45) is 3.20. The van der Waals surface area contributed by atoms with Crippen LogP contribution in [-0.2, 0) is 14.8 Å². The zero-order valence-electron chi connectivity index (χ0n) is 14.2. The molecular formula is C17H25FN2O3S. The van der Waals surface area contributed by atoms with Crippen LogP contribution in [0.1, 0.15) is 39.5 Å². The molecule has 5 nitrogen and oxygen atoms in total. The lowest BCUT2D eigenvalue weighted by molar-refractivity contribution is -0.126. The Morgan fingerprint density at radius 3 is 2.67 bits per heavy atom. The van der Waals surface area contributed by atoms with Gasteiger partial charge < -0.3 is 5.32 Å². The number of hydrogen-bond donors (Lipinski definition) is 1. The Morgan fingerprint density at radius 2 is 2.04 bits per heavy atom. The lowest BCUT2D eigenvalue weighted by atomic mass is 9.98. The Bertz CT molecular complexity index is 661. The molecule has 1 aromatic carbocycles. The van der Waals surface area contributed by atoms with Crippen LogP contribution in [0.4, 0.5) is 4.39 Å². The molecule has 0 aliphatic carbocycles. The number of piperidine rings is 1. The Balaban J connectivity index is 2.07. The van der Waals surface area contributed by atoms with Gasteiger partial charge in [0.05, 0.1) is 10.8 Å². The Labute approximate surface area is 143 Å². The van der Waals surface area contributed by atoms with Crippen molar-refractivity contribution >= 4 is 15.9 Å². The van der Waals surface area contributed by atoms with Gasteiger partial charge in [-0.1, -0.05) is 13.3 Å². The van der Waals surface area contributed by atoms with Gasteiger partial charge in [0.25, 0.3) is 0 Å². The van der Waals surface area contributed by atoms with Gasteiger partial charge in [0.15, 0.2) is 0 Å². The maximum Gasteiger partial charge on any atom is 0.243 e. The lowest BCUT2D eigenvalue weighted by Gasteiger charge is -2.31. The molecule has 0 saturated carbocycles. The molecule has 0 spiro atoms. The molecule has 1 fully saturated rings. The molecule has 2 atom stereocenters. The minimum absolute atomic E-state index is 0.0595. The topological polar surface area (TPSA) is 66.5 Å². The molecule has 1 heterocycles. The van der Waals surface area contributed by atoms with Crippen LogP contribution in [0.5, 0.6) is 0 Å². The number of carbonyl (C=O) groups excluding carboxylic acids is 1. The first kappa shape index (κ1) is 18.9. The third kappa shape index (κ3) is 4.54. The van der Waals surface area contributed by atoms with E-state index in [2.05, 4.69) is 12.2 Å². The van der Waals surface area contributed by atoms with E-state index in [4.69, 9.17) is 0 Å². The van der Waals surface area contributed by atoms with E-state index in [9.17, 15) is 17.6 Å². The van der Waals surface area contributed by atoms with Gasteiger partial charge in [-0.3, -0.25) is 4.79 Å². The van der Waals surface area contributed by atoms with Gasteiger partial charge in [-0.15, -0.1) is 0 Å². The Kier molecular flexibility index (Phi) is 6.34. The number of nitrogens with one attached hydrogen (secondary N) is 1. The first-order valence-electron chi connectivity index (χ1n) is 8.40. The molecule has 134 valence electrons. The van der Waals surface area contributed by atoms with Gasteiger partial charge in [0.2, 0.25) is 15.9 Å². The highest BCUT2D eigenvalue weighted by molar-refractivity contribution is 7.89. The maximum atomic E-state index is 13.0. The summed E-state index contributed by atoms with van der Waals surface area (Å²) in [6, 6.07) is 4.88. The highest BCUT2D eigenvalue weighted by Crippen LogP contribution is 2.24. The van der Waals surface area contributed by atoms with Crippen LogP contribution in [0, 0.1) is 11.7 Å². The fourth-order valence-corrected chi connectivity index (χ4v) is 4.52. The fourth-order valence-electron chi connectivity index (χ4n) is 3.00. The minimum Gasteiger partial charge on any atom is -0.353 e. The van der Waals surface area contributed by atoms with Crippen LogP contribution >= 0.6 is 0 Å². The number of halogens is 1. The molecule has 0 radical (unpaired) electrons. The van der Waals surface area contributed by atoms with E-state index in [1.54, 1.807) is 0 Å². The van der Waals surface area contributed by atoms with E-state index in [1.165, 1.54) is 16.4 Å². The van der Waals surface area contributed by atoms with Crippen molar-refractivity contribution in [3.8, 4) is 0 Å². The van der Waals surface area contributed by atoms with Gasteiger partial charge in [0, 0.05) is 19.1 Å². The van der Waals surface area contributed by atoms with Gasteiger partial charge in [-0.25, -0.2) is 12.8 Å². The molecule has 1 aromatic rings. The van der Waals surface area contributed by atoms with Crippen LogP contribution in [0.25, 0.3) is 0 Å². The summed E-state index contributed by atoms with van der Waals surface area (Å²) in [5.74, 6) is -0.905. The summed E-state index contributed by atoms with van der Waals surface area (Å²) in [4.78, 5) is 12.4. The second-order valence-electron chi connectivity index (χ2n) is 6.35. The molecule has 1 amide bonds. The van der Waals surface area contributed by atoms with Crippen LogP contribution in [-0.4, -0.2) is 37.8 Å². The van der Waals surface area contributed by atoms with E-state index in [1.807, 2.05) is 6.92 Å². The minimum atomic E-state index is -3.70. The molecule has 2 rings (SSSR count). The normalized spacial score (nSPS) is 20.5. The highest BCUT2D eigenvalue weighted by Gasteiger charge is 2.33.